The standard InChI is InChI=1S/C15H13N3O2/c1-11-8-12(10-17-9-11)15(19)18-13-4-2-3-5-14(13)20-7-6-16/h2-5,8-10H,7H2,1H3,(H,18,19). The summed E-state index contributed by atoms with van der Waals surface area (Å²) in [5.41, 5.74) is 1.90. The minimum Gasteiger partial charge on any atom is -0.477 e. The van der Waals surface area contributed by atoms with Crippen molar-refractivity contribution in [3.63, 3.8) is 0 Å². The van der Waals surface area contributed by atoms with Crippen LogP contribution in [0.1, 0.15) is 15.9 Å². The SMILES string of the molecule is Cc1cncc(C(=O)Nc2ccccc2OCC#N)c1. The number of anilines is 1. The number of aryl methyl sites for hydroxylation is 1. The van der Waals surface area contributed by atoms with E-state index in [0.717, 1.165) is 5.56 Å². The van der Waals surface area contributed by atoms with Gasteiger partial charge in [0.05, 0.1) is 11.3 Å². The van der Waals surface area contributed by atoms with Gasteiger partial charge in [-0.15, -0.1) is 0 Å². The van der Waals surface area contributed by atoms with Crippen LogP contribution in [-0.2, 0) is 0 Å². The molecule has 0 unspecified atom stereocenters. The number of pyridine rings is 1. The summed E-state index contributed by atoms with van der Waals surface area (Å²) in [6.45, 7) is 1.80. The maximum atomic E-state index is 12.1. The number of nitriles is 1. The van der Waals surface area contributed by atoms with Crippen molar-refractivity contribution in [3.05, 3.63) is 53.9 Å². The van der Waals surface area contributed by atoms with Crippen molar-refractivity contribution in [2.45, 2.75) is 6.92 Å². The number of ether oxygens (including phenoxy) is 1. The Bertz CT molecular complexity index is 662. The lowest BCUT2D eigenvalue weighted by Gasteiger charge is -2.10. The summed E-state index contributed by atoms with van der Waals surface area (Å²) in [7, 11) is 0. The van der Waals surface area contributed by atoms with Crippen LogP contribution in [0, 0.1) is 18.3 Å². The number of carbonyl (C=O) groups is 1. The number of nitrogens with one attached hydrogen (secondary N) is 1. The topological polar surface area (TPSA) is 75.0 Å². The van der Waals surface area contributed by atoms with Gasteiger partial charge in [-0.05, 0) is 30.7 Å². The number of hydrogen-bond donors (Lipinski definition) is 1. The van der Waals surface area contributed by atoms with Gasteiger partial charge in [0, 0.05) is 12.4 Å². The van der Waals surface area contributed by atoms with Crippen LogP contribution in [0.5, 0.6) is 5.75 Å². The highest BCUT2D eigenvalue weighted by molar-refractivity contribution is 6.04. The lowest BCUT2D eigenvalue weighted by atomic mass is 10.2. The zero-order chi connectivity index (χ0) is 14.4. The molecule has 5 nitrogen and oxygen atoms in total. The van der Waals surface area contributed by atoms with Gasteiger partial charge >= 0.3 is 0 Å². The minimum atomic E-state index is -0.269. The predicted molar refractivity (Wildman–Crippen MR) is 74.5 cm³/mol. The third-order valence-electron chi connectivity index (χ3n) is 2.56. The van der Waals surface area contributed by atoms with Gasteiger partial charge in [0.25, 0.3) is 5.91 Å². The Labute approximate surface area is 116 Å². The molecular formula is C15H13N3O2. The zero-order valence-electron chi connectivity index (χ0n) is 11.0. The van der Waals surface area contributed by atoms with Gasteiger partial charge in [-0.2, -0.15) is 5.26 Å². The van der Waals surface area contributed by atoms with Crippen LogP contribution in [0.3, 0.4) is 0 Å². The number of para-hydroxylation sites is 2. The van der Waals surface area contributed by atoms with Crippen molar-refractivity contribution in [3.8, 4) is 11.8 Å². The summed E-state index contributed by atoms with van der Waals surface area (Å²) in [5.74, 6) is 0.192. The molecule has 0 radical (unpaired) electrons. The van der Waals surface area contributed by atoms with Crippen molar-refractivity contribution >= 4 is 11.6 Å². The van der Waals surface area contributed by atoms with Crippen LogP contribution in [0.4, 0.5) is 5.69 Å². The number of rotatable bonds is 4. The Morgan fingerprint density at radius 2 is 2.20 bits per heavy atom. The van der Waals surface area contributed by atoms with E-state index in [1.165, 1.54) is 6.20 Å². The summed E-state index contributed by atoms with van der Waals surface area (Å²) in [4.78, 5) is 16.1. The first-order valence-corrected chi connectivity index (χ1v) is 6.02. The summed E-state index contributed by atoms with van der Waals surface area (Å²) in [6, 6.07) is 10.6. The third-order valence-corrected chi connectivity index (χ3v) is 2.56. The van der Waals surface area contributed by atoms with Crippen LogP contribution < -0.4 is 10.1 Å². The second-order valence-corrected chi connectivity index (χ2v) is 4.15. The molecule has 2 aromatic rings. The first-order valence-electron chi connectivity index (χ1n) is 6.02. The summed E-state index contributed by atoms with van der Waals surface area (Å²) in [5, 5.41) is 11.3. The lowest BCUT2D eigenvalue weighted by Crippen LogP contribution is -2.13. The number of nitrogens with zero attached hydrogens (tertiary/aromatic N) is 2. The van der Waals surface area contributed by atoms with Crippen molar-refractivity contribution < 1.29 is 9.53 Å². The molecule has 0 aliphatic rings. The van der Waals surface area contributed by atoms with E-state index in [1.807, 2.05) is 13.0 Å². The molecule has 1 aromatic carbocycles. The van der Waals surface area contributed by atoms with Gasteiger partial charge in [-0.1, -0.05) is 12.1 Å². The maximum absolute atomic E-state index is 12.1. The second kappa shape index (κ2) is 6.34. The van der Waals surface area contributed by atoms with Gasteiger partial charge in [0.15, 0.2) is 6.61 Å². The van der Waals surface area contributed by atoms with E-state index in [9.17, 15) is 4.79 Å². The van der Waals surface area contributed by atoms with E-state index in [1.54, 1.807) is 36.5 Å². The summed E-state index contributed by atoms with van der Waals surface area (Å²) in [6.07, 6.45) is 3.18. The Morgan fingerprint density at radius 1 is 1.40 bits per heavy atom. The van der Waals surface area contributed by atoms with E-state index >= 15 is 0 Å². The van der Waals surface area contributed by atoms with Crippen molar-refractivity contribution in [2.24, 2.45) is 0 Å². The zero-order valence-corrected chi connectivity index (χ0v) is 11.0. The quantitative estimate of drug-likeness (QED) is 0.923. The molecule has 1 amide bonds. The van der Waals surface area contributed by atoms with Crippen LogP contribution in [-0.4, -0.2) is 17.5 Å². The number of amides is 1. The Hall–Kier alpha value is -2.87. The van der Waals surface area contributed by atoms with Gasteiger partial charge in [-0.3, -0.25) is 9.78 Å². The number of benzene rings is 1. The third kappa shape index (κ3) is 3.33. The number of carbonyl (C=O) groups excluding carboxylic acids is 1. The van der Waals surface area contributed by atoms with E-state index in [4.69, 9.17) is 10.00 Å². The molecular weight excluding hydrogens is 254 g/mol. The molecule has 2 rings (SSSR count). The van der Waals surface area contributed by atoms with Crippen molar-refractivity contribution in [1.82, 2.24) is 4.98 Å². The molecule has 0 atom stereocenters. The van der Waals surface area contributed by atoms with Crippen molar-refractivity contribution in [2.75, 3.05) is 11.9 Å². The molecule has 1 aromatic heterocycles. The van der Waals surface area contributed by atoms with Gasteiger partial charge in [0.1, 0.15) is 11.8 Å². The van der Waals surface area contributed by atoms with E-state index < -0.39 is 0 Å². The molecule has 1 N–H and O–H groups in total. The predicted octanol–water partition coefficient (Wildman–Crippen LogP) is 2.54. The Morgan fingerprint density at radius 3 is 2.95 bits per heavy atom. The van der Waals surface area contributed by atoms with Crippen molar-refractivity contribution in [1.29, 1.82) is 5.26 Å². The highest BCUT2D eigenvalue weighted by atomic mass is 16.5. The van der Waals surface area contributed by atoms with Crippen LogP contribution in [0.15, 0.2) is 42.7 Å². The van der Waals surface area contributed by atoms with Crippen LogP contribution in [0.2, 0.25) is 0 Å². The molecule has 0 aliphatic heterocycles. The van der Waals surface area contributed by atoms with E-state index in [0.29, 0.717) is 17.0 Å². The fraction of sp³-hybridized carbons (Fsp3) is 0.133. The first kappa shape index (κ1) is 13.6. The highest BCUT2D eigenvalue weighted by Gasteiger charge is 2.10. The molecule has 0 spiro atoms. The largest absolute Gasteiger partial charge is 0.477 e. The number of aromatic nitrogens is 1. The molecule has 1 heterocycles. The van der Waals surface area contributed by atoms with Gasteiger partial charge in [-0.25, -0.2) is 0 Å². The average molecular weight is 267 g/mol. The van der Waals surface area contributed by atoms with Gasteiger partial charge < -0.3 is 10.1 Å². The molecule has 100 valence electrons. The molecule has 5 heteroatoms. The van der Waals surface area contributed by atoms with Gasteiger partial charge in [0.2, 0.25) is 0 Å². The van der Waals surface area contributed by atoms with Crippen LogP contribution in [0.25, 0.3) is 0 Å². The molecule has 0 bridgehead atoms. The Balaban J connectivity index is 2.18. The first-order chi connectivity index (χ1) is 9.70. The summed E-state index contributed by atoms with van der Waals surface area (Å²) >= 11 is 0. The smallest absolute Gasteiger partial charge is 0.257 e. The van der Waals surface area contributed by atoms with E-state index in [2.05, 4.69) is 10.3 Å². The lowest BCUT2D eigenvalue weighted by molar-refractivity contribution is 0.102. The van der Waals surface area contributed by atoms with Crippen LogP contribution >= 0.6 is 0 Å². The monoisotopic (exact) mass is 267 g/mol. The maximum Gasteiger partial charge on any atom is 0.257 e. The Kier molecular flexibility index (Phi) is 4.30. The fourth-order valence-corrected chi connectivity index (χ4v) is 1.68. The molecule has 0 aliphatic carbocycles. The minimum absolute atomic E-state index is 0.0706. The summed E-state index contributed by atoms with van der Waals surface area (Å²) < 4.78 is 5.26. The molecule has 0 fully saturated rings. The molecule has 0 saturated heterocycles. The van der Waals surface area contributed by atoms with E-state index in [-0.39, 0.29) is 12.5 Å². The molecule has 20 heavy (non-hydrogen) atoms. The normalized spacial score (nSPS) is 9.60. The average Bonchev–Trinajstić information content (AvgIpc) is 2.46. The number of hydrogen-bond acceptors (Lipinski definition) is 4. The molecule has 0 saturated carbocycles. The fourth-order valence-electron chi connectivity index (χ4n) is 1.68. The highest BCUT2D eigenvalue weighted by Crippen LogP contribution is 2.24. The second-order valence-electron chi connectivity index (χ2n) is 4.15.